The van der Waals surface area contributed by atoms with Gasteiger partial charge >= 0.3 is 29.8 Å². The lowest BCUT2D eigenvalue weighted by molar-refractivity contribution is -0.144. The highest BCUT2D eigenvalue weighted by atomic mass is 16.5. The fourth-order valence-electron chi connectivity index (χ4n) is 8.41. The molecule has 0 aromatic heterocycles. The Balaban J connectivity index is -0.000000336. The SMILES string of the molecule is C1CC1.CCCN(CCC)CC(C(=O)NCCC(=O)OC)N(CCC)CCC.CCCN(CCC)CC(C(=O)O)N(CCC)CCC.COC(=O)CCN.COC(=O)CCNC(=O)C(CN(CCN)CCN)N(CCN)CCN.NCC(N)C(=O)O. The van der Waals surface area contributed by atoms with Crippen LogP contribution in [0.1, 0.15) is 145 Å². The van der Waals surface area contributed by atoms with Crippen molar-refractivity contribution in [1.29, 1.82) is 0 Å². The Hall–Kier alpha value is -4.23. The zero-order valence-electron chi connectivity index (χ0n) is 55.7. The number of aliphatic carboxylic acids is 2. The summed E-state index contributed by atoms with van der Waals surface area (Å²) in [6.07, 6.45) is 13.5. The van der Waals surface area contributed by atoms with E-state index in [1.54, 1.807) is 0 Å². The van der Waals surface area contributed by atoms with E-state index in [4.69, 9.17) is 45.2 Å². The Morgan fingerprint density at radius 1 is 0.395 bits per heavy atom. The van der Waals surface area contributed by atoms with Crippen LogP contribution >= 0.6 is 0 Å². The number of carboxylic acids is 2. The van der Waals surface area contributed by atoms with Crippen molar-refractivity contribution in [2.75, 3.05) is 172 Å². The largest absolute Gasteiger partial charge is 0.480 e. The highest BCUT2D eigenvalue weighted by molar-refractivity contribution is 5.83. The third-order valence-corrected chi connectivity index (χ3v) is 12.6. The summed E-state index contributed by atoms with van der Waals surface area (Å²) < 4.78 is 13.5. The molecule has 27 heteroatoms. The van der Waals surface area contributed by atoms with Crippen LogP contribution in [0.15, 0.2) is 0 Å². The molecule has 4 unspecified atom stereocenters. The van der Waals surface area contributed by atoms with E-state index in [1.165, 1.54) is 40.6 Å². The summed E-state index contributed by atoms with van der Waals surface area (Å²) in [4.78, 5) is 92.4. The third kappa shape index (κ3) is 54.0. The zero-order valence-corrected chi connectivity index (χ0v) is 55.7. The number of amides is 2. The number of nitrogens with two attached hydrogens (primary N) is 7. The molecule has 1 saturated carbocycles. The molecular formula is C59H129N15O12. The van der Waals surface area contributed by atoms with Crippen LogP contribution < -0.4 is 50.8 Å². The summed E-state index contributed by atoms with van der Waals surface area (Å²) in [5.74, 6) is -2.81. The molecule has 1 fully saturated rings. The Labute approximate surface area is 519 Å². The van der Waals surface area contributed by atoms with E-state index in [0.717, 1.165) is 110 Å². The molecule has 0 spiro atoms. The lowest BCUT2D eigenvalue weighted by Gasteiger charge is -2.34. The van der Waals surface area contributed by atoms with Crippen molar-refractivity contribution >= 4 is 41.7 Å². The molecule has 0 aliphatic heterocycles. The van der Waals surface area contributed by atoms with Crippen molar-refractivity contribution in [1.82, 2.24) is 40.0 Å². The number of nitrogens with one attached hydrogen (secondary N) is 2. The predicted octanol–water partition coefficient (Wildman–Crippen LogP) is 0.470. The van der Waals surface area contributed by atoms with Crippen molar-refractivity contribution < 1.29 is 58.0 Å². The van der Waals surface area contributed by atoms with Crippen LogP contribution in [0, 0.1) is 0 Å². The number of carbonyl (C=O) groups excluding carboxylic acids is 5. The van der Waals surface area contributed by atoms with Gasteiger partial charge in [-0.05, 0) is 104 Å². The molecule has 1 aliphatic rings. The average Bonchev–Trinajstić information content (AvgIpc) is 4.51. The fraction of sp³-hybridized carbons (Fsp3) is 0.881. The topological polar surface area (TPSA) is 413 Å². The van der Waals surface area contributed by atoms with E-state index in [1.807, 2.05) is 9.80 Å². The van der Waals surface area contributed by atoms with Crippen molar-refractivity contribution in [2.24, 2.45) is 40.1 Å². The van der Waals surface area contributed by atoms with Gasteiger partial charge in [0.25, 0.3) is 0 Å². The number of hydrogen-bond donors (Lipinski definition) is 11. The van der Waals surface area contributed by atoms with E-state index in [0.29, 0.717) is 85.0 Å². The van der Waals surface area contributed by atoms with Crippen molar-refractivity contribution in [3.8, 4) is 0 Å². The first kappa shape index (κ1) is 90.5. The van der Waals surface area contributed by atoms with Crippen LogP contribution in [0.3, 0.4) is 0 Å². The van der Waals surface area contributed by atoms with Gasteiger partial charge in [-0.25, -0.2) is 0 Å². The third-order valence-electron chi connectivity index (χ3n) is 12.6. The smallest absolute Gasteiger partial charge is 0.322 e. The second kappa shape index (κ2) is 65.2. The molecule has 1 aliphatic carbocycles. The van der Waals surface area contributed by atoms with Gasteiger partial charge in [0.05, 0.1) is 40.6 Å². The lowest BCUT2D eigenvalue weighted by atomic mass is 10.1. The minimum atomic E-state index is -1.05. The van der Waals surface area contributed by atoms with E-state index in [9.17, 15) is 38.7 Å². The second-order valence-electron chi connectivity index (χ2n) is 20.6. The Bertz CT molecular complexity index is 1520. The summed E-state index contributed by atoms with van der Waals surface area (Å²) in [5, 5.41) is 23.2. The van der Waals surface area contributed by atoms with E-state index in [-0.39, 0.29) is 67.7 Å². The van der Waals surface area contributed by atoms with Crippen LogP contribution in [0.25, 0.3) is 0 Å². The number of nitrogens with zero attached hydrogens (tertiary/aromatic N) is 6. The highest BCUT2D eigenvalue weighted by Gasteiger charge is 2.30. The molecule has 0 aromatic carbocycles. The van der Waals surface area contributed by atoms with Gasteiger partial charge in [0.2, 0.25) is 11.8 Å². The van der Waals surface area contributed by atoms with Gasteiger partial charge in [-0.2, -0.15) is 0 Å². The molecule has 27 nitrogen and oxygen atoms in total. The summed E-state index contributed by atoms with van der Waals surface area (Å²) in [5.41, 5.74) is 37.4. The van der Waals surface area contributed by atoms with Crippen molar-refractivity contribution in [3.63, 3.8) is 0 Å². The highest BCUT2D eigenvalue weighted by Crippen LogP contribution is 2.15. The molecule has 0 bridgehead atoms. The summed E-state index contributed by atoms with van der Waals surface area (Å²) in [7, 11) is 4.03. The maximum Gasteiger partial charge on any atom is 0.322 e. The maximum absolute atomic E-state index is 12.8. The van der Waals surface area contributed by atoms with E-state index < -0.39 is 24.0 Å². The normalized spacial score (nSPS) is 12.7. The fourth-order valence-corrected chi connectivity index (χ4v) is 8.41. The van der Waals surface area contributed by atoms with Gasteiger partial charge in [-0.15, -0.1) is 0 Å². The van der Waals surface area contributed by atoms with Crippen LogP contribution in [-0.2, 0) is 47.8 Å². The van der Waals surface area contributed by atoms with E-state index in [2.05, 4.69) is 99.8 Å². The first-order chi connectivity index (χ1) is 41.2. The number of carbonyl (C=O) groups is 7. The van der Waals surface area contributed by atoms with Gasteiger partial charge in [0.1, 0.15) is 24.2 Å². The lowest BCUT2D eigenvalue weighted by Crippen LogP contribution is -2.56. The zero-order chi connectivity index (χ0) is 66.5. The predicted molar refractivity (Wildman–Crippen MR) is 345 cm³/mol. The monoisotopic (exact) mass is 1240 g/mol. The molecule has 0 saturated heterocycles. The number of carboxylic acid groups (broad SMARTS) is 2. The number of methoxy groups -OCH3 is 3. The molecule has 1 rings (SSSR count). The number of hydrogen-bond acceptors (Lipinski definition) is 23. The van der Waals surface area contributed by atoms with Crippen LogP contribution in [0.4, 0.5) is 0 Å². The molecular weight excluding hydrogens is 1110 g/mol. The number of ether oxygens (including phenoxy) is 3. The van der Waals surface area contributed by atoms with Gasteiger partial charge < -0.3 is 85.0 Å². The summed E-state index contributed by atoms with van der Waals surface area (Å²) >= 11 is 0. The van der Waals surface area contributed by atoms with Gasteiger partial charge in [0, 0.05) is 98.2 Å². The molecule has 4 atom stereocenters. The Morgan fingerprint density at radius 3 is 0.895 bits per heavy atom. The molecule has 2 amide bonds. The Morgan fingerprint density at radius 2 is 0.674 bits per heavy atom. The molecule has 0 radical (unpaired) electrons. The minimum Gasteiger partial charge on any atom is -0.480 e. The minimum absolute atomic E-state index is 0.00463. The van der Waals surface area contributed by atoms with Gasteiger partial charge in [-0.3, -0.25) is 53.2 Å². The molecule has 512 valence electrons. The van der Waals surface area contributed by atoms with Crippen LogP contribution in [0.2, 0.25) is 0 Å². The average molecular weight is 1240 g/mol. The van der Waals surface area contributed by atoms with Gasteiger partial charge in [0.15, 0.2) is 0 Å². The maximum atomic E-state index is 12.8. The first-order valence-corrected chi connectivity index (χ1v) is 31.7. The molecule has 86 heavy (non-hydrogen) atoms. The van der Waals surface area contributed by atoms with Crippen LogP contribution in [-0.4, -0.2) is 277 Å². The standard InChI is InChI=1S/C19H39N3O3.C15H35N7O3.C15H32N2O2.C4H9NO2.C3H8N2O2.C3H6/c1-6-12-21(13-7-2)16-17(22(14-8-3)15-9-4)19(24)20-11-10-18(23)25-5;1-25-14(23)2-7-20-15(24)13(22(10-5-18)11-6-19)12-21(8-3-16)9-4-17;1-5-9-16(10-6-2)13-14(15(18)19)17(11-7-3)12-8-4;1-7-4(6)2-3-5;4-1-2(5)3(6)7;1-2-3-1/h17H,6-16H2,1-5H3,(H,20,24);13H,2-12,16-19H2,1H3,(H,20,24);14H,5-13H2,1-4H3,(H,18,19);2-3,5H2,1H3;2H,1,4-5H2,(H,6,7);1-3H2. The van der Waals surface area contributed by atoms with E-state index >= 15 is 0 Å². The van der Waals surface area contributed by atoms with Crippen LogP contribution in [0.5, 0.6) is 0 Å². The Kier molecular flexibility index (Phi) is 68.6. The van der Waals surface area contributed by atoms with Crippen molar-refractivity contribution in [3.05, 3.63) is 0 Å². The first-order valence-electron chi connectivity index (χ1n) is 31.7. The molecule has 18 N–H and O–H groups in total. The molecule has 0 heterocycles. The number of rotatable bonds is 46. The quantitative estimate of drug-likeness (QED) is 0.0291. The van der Waals surface area contributed by atoms with Gasteiger partial charge in [-0.1, -0.05) is 74.7 Å². The van der Waals surface area contributed by atoms with Crippen molar-refractivity contribution in [2.45, 2.75) is 169 Å². The summed E-state index contributed by atoms with van der Waals surface area (Å²) in [6, 6.07) is -1.88. The summed E-state index contributed by atoms with van der Waals surface area (Å²) in [6.45, 7) is 31.6. The number of esters is 3. The molecule has 0 aromatic rings. The second-order valence-corrected chi connectivity index (χ2v) is 20.6.